The largest absolute Gasteiger partial charge is 0.493 e. The van der Waals surface area contributed by atoms with Gasteiger partial charge in [0.15, 0.2) is 11.5 Å². The van der Waals surface area contributed by atoms with E-state index in [1.54, 1.807) is 7.11 Å². The van der Waals surface area contributed by atoms with Crippen LogP contribution in [0.5, 0.6) is 11.5 Å². The minimum Gasteiger partial charge on any atom is -0.493 e. The lowest BCUT2D eigenvalue weighted by molar-refractivity contribution is 0.0357. The average Bonchev–Trinajstić information content (AvgIpc) is 2.87. The van der Waals surface area contributed by atoms with E-state index in [-0.39, 0.29) is 5.82 Å². The summed E-state index contributed by atoms with van der Waals surface area (Å²) in [5, 5.41) is 13.9. The summed E-state index contributed by atoms with van der Waals surface area (Å²) < 4.78 is 17.1. The van der Waals surface area contributed by atoms with Crippen LogP contribution in [0.2, 0.25) is 0 Å². The monoisotopic (exact) mass is 468 g/mol. The molecule has 34 heavy (non-hydrogen) atoms. The zero-order chi connectivity index (χ0) is 23.9. The Hall–Kier alpha value is -2.67. The first-order chi connectivity index (χ1) is 16.6. The van der Waals surface area contributed by atoms with Crippen LogP contribution in [0, 0.1) is 11.3 Å². The van der Waals surface area contributed by atoms with Gasteiger partial charge < -0.3 is 24.4 Å². The molecule has 1 N–H and O–H groups in total. The Labute approximate surface area is 202 Å². The third kappa shape index (κ3) is 6.06. The van der Waals surface area contributed by atoms with Gasteiger partial charge in [-0.15, -0.1) is 0 Å². The highest BCUT2D eigenvalue weighted by Crippen LogP contribution is 2.35. The molecule has 2 aliphatic heterocycles. The van der Waals surface area contributed by atoms with E-state index in [2.05, 4.69) is 45.0 Å². The maximum absolute atomic E-state index is 9.51. The number of hydrogen-bond donors (Lipinski definition) is 1. The normalized spacial score (nSPS) is 18.2. The van der Waals surface area contributed by atoms with Crippen molar-refractivity contribution < 1.29 is 14.2 Å². The summed E-state index contributed by atoms with van der Waals surface area (Å²) in [6, 6.07) is 6.74. The van der Waals surface area contributed by atoms with Gasteiger partial charge in [0.1, 0.15) is 11.9 Å². The fraction of sp³-hybridized carbons (Fsp3) is 0.640. The molecule has 3 heterocycles. The quantitative estimate of drug-likeness (QED) is 0.557. The fourth-order valence-corrected chi connectivity index (χ4v) is 4.62. The van der Waals surface area contributed by atoms with Crippen molar-refractivity contribution in [3.8, 4) is 17.6 Å². The highest BCUT2D eigenvalue weighted by molar-refractivity contribution is 5.92. The topological polar surface area (TPSA) is 95.8 Å². The Bertz CT molecular complexity index is 994. The van der Waals surface area contributed by atoms with E-state index in [9.17, 15) is 5.26 Å². The maximum Gasteiger partial charge on any atom is 0.234 e. The number of fused-ring (bicyclic) bond motifs is 1. The van der Waals surface area contributed by atoms with E-state index in [4.69, 9.17) is 14.2 Å². The third-order valence-electron chi connectivity index (χ3n) is 6.66. The van der Waals surface area contributed by atoms with Gasteiger partial charge in [-0.2, -0.15) is 5.26 Å². The van der Waals surface area contributed by atoms with Gasteiger partial charge >= 0.3 is 0 Å². The molecule has 0 radical (unpaired) electrons. The molecule has 184 valence electrons. The van der Waals surface area contributed by atoms with Crippen molar-refractivity contribution in [3.63, 3.8) is 0 Å². The van der Waals surface area contributed by atoms with Crippen molar-refractivity contribution in [3.05, 3.63) is 18.0 Å². The summed E-state index contributed by atoms with van der Waals surface area (Å²) in [7, 11) is 1.64. The van der Waals surface area contributed by atoms with Crippen LogP contribution < -0.4 is 14.8 Å². The highest BCUT2D eigenvalue weighted by Gasteiger charge is 2.22. The number of methoxy groups -OCH3 is 1. The number of rotatable bonds is 9. The lowest BCUT2D eigenvalue weighted by Crippen LogP contribution is -2.42. The molecule has 0 atom stereocenters. The maximum atomic E-state index is 9.51. The van der Waals surface area contributed by atoms with E-state index in [1.165, 1.54) is 0 Å². The van der Waals surface area contributed by atoms with Crippen LogP contribution in [-0.2, 0) is 4.74 Å². The Kier molecular flexibility index (Phi) is 8.38. The van der Waals surface area contributed by atoms with Crippen molar-refractivity contribution in [1.82, 2.24) is 19.8 Å². The van der Waals surface area contributed by atoms with Gasteiger partial charge in [-0.05, 0) is 39.2 Å². The molecule has 2 saturated heterocycles. The van der Waals surface area contributed by atoms with Crippen molar-refractivity contribution in [1.29, 1.82) is 5.26 Å². The molecule has 2 aromatic rings. The number of ether oxygens (including phenoxy) is 3. The standard InChI is InChI=1S/C25H36N6O3/c1-18(2)31-8-5-19(6-9-31)27-25-20-15-22(32-3)23(16-21(20)28-24(17-26)29-25)34-12-4-7-30-10-13-33-14-11-30/h15-16,18-19H,4-14H2,1-3H3,(H,27,28,29). The molecule has 0 spiro atoms. The number of likely N-dealkylation sites (tertiary alicyclic amines) is 1. The number of piperidine rings is 1. The number of aromatic nitrogens is 2. The molecular formula is C25H36N6O3. The molecule has 0 aliphatic carbocycles. The smallest absolute Gasteiger partial charge is 0.234 e. The lowest BCUT2D eigenvalue weighted by Gasteiger charge is -2.35. The number of nitrogens with zero attached hydrogens (tertiary/aromatic N) is 5. The molecule has 1 aromatic carbocycles. The van der Waals surface area contributed by atoms with Crippen LogP contribution in [0.25, 0.3) is 10.9 Å². The summed E-state index contributed by atoms with van der Waals surface area (Å²) in [6.07, 6.45) is 2.98. The van der Waals surface area contributed by atoms with Crippen LogP contribution in [-0.4, -0.2) is 91.5 Å². The molecule has 0 bridgehead atoms. The van der Waals surface area contributed by atoms with Crippen LogP contribution >= 0.6 is 0 Å². The zero-order valence-corrected chi connectivity index (χ0v) is 20.5. The van der Waals surface area contributed by atoms with Gasteiger partial charge in [-0.3, -0.25) is 4.90 Å². The van der Waals surface area contributed by atoms with Crippen molar-refractivity contribution in [2.24, 2.45) is 0 Å². The first-order valence-corrected chi connectivity index (χ1v) is 12.3. The molecule has 9 nitrogen and oxygen atoms in total. The predicted molar refractivity (Wildman–Crippen MR) is 132 cm³/mol. The summed E-state index contributed by atoms with van der Waals surface area (Å²) in [5.74, 6) is 2.11. The second-order valence-corrected chi connectivity index (χ2v) is 9.23. The van der Waals surface area contributed by atoms with Crippen LogP contribution in [0.1, 0.15) is 38.9 Å². The lowest BCUT2D eigenvalue weighted by atomic mass is 10.0. The number of nitrogens with one attached hydrogen (secondary N) is 1. The first kappa shape index (κ1) is 24.5. The Morgan fingerprint density at radius 3 is 2.59 bits per heavy atom. The fourth-order valence-electron chi connectivity index (χ4n) is 4.62. The van der Waals surface area contributed by atoms with Crippen molar-refractivity contribution in [2.45, 2.75) is 45.2 Å². The number of nitriles is 1. The Morgan fingerprint density at radius 1 is 1.15 bits per heavy atom. The molecule has 4 rings (SSSR count). The minimum atomic E-state index is 0.151. The number of morpholine rings is 1. The van der Waals surface area contributed by atoms with Gasteiger partial charge in [0, 0.05) is 56.3 Å². The first-order valence-electron chi connectivity index (χ1n) is 12.3. The van der Waals surface area contributed by atoms with Crippen molar-refractivity contribution >= 4 is 16.7 Å². The molecule has 0 amide bonds. The summed E-state index contributed by atoms with van der Waals surface area (Å²) >= 11 is 0. The van der Waals surface area contributed by atoms with E-state index >= 15 is 0 Å². The van der Waals surface area contributed by atoms with Gasteiger partial charge in [-0.1, -0.05) is 0 Å². The van der Waals surface area contributed by atoms with Gasteiger partial charge in [0.05, 0.1) is 32.4 Å². The van der Waals surface area contributed by atoms with E-state index in [0.717, 1.165) is 70.6 Å². The number of anilines is 1. The molecular weight excluding hydrogens is 432 g/mol. The summed E-state index contributed by atoms with van der Waals surface area (Å²) in [6.45, 7) is 11.7. The summed E-state index contributed by atoms with van der Waals surface area (Å²) in [4.78, 5) is 13.8. The number of benzene rings is 1. The van der Waals surface area contributed by atoms with E-state index in [1.807, 2.05) is 12.1 Å². The predicted octanol–water partition coefficient (Wildman–Crippen LogP) is 2.90. The Balaban J connectivity index is 1.47. The third-order valence-corrected chi connectivity index (χ3v) is 6.66. The molecule has 0 unspecified atom stereocenters. The second kappa shape index (κ2) is 11.6. The zero-order valence-electron chi connectivity index (χ0n) is 20.5. The van der Waals surface area contributed by atoms with Gasteiger partial charge in [-0.25, -0.2) is 9.97 Å². The minimum absolute atomic E-state index is 0.151. The Morgan fingerprint density at radius 2 is 1.91 bits per heavy atom. The van der Waals surface area contributed by atoms with Crippen LogP contribution in [0.15, 0.2) is 12.1 Å². The highest BCUT2D eigenvalue weighted by atomic mass is 16.5. The van der Waals surface area contributed by atoms with Crippen molar-refractivity contribution in [2.75, 3.05) is 65.0 Å². The van der Waals surface area contributed by atoms with E-state index in [0.29, 0.717) is 41.5 Å². The number of hydrogen-bond acceptors (Lipinski definition) is 9. The summed E-state index contributed by atoms with van der Waals surface area (Å²) in [5.41, 5.74) is 0.678. The second-order valence-electron chi connectivity index (χ2n) is 9.23. The van der Waals surface area contributed by atoms with Gasteiger partial charge in [0.25, 0.3) is 0 Å². The SMILES string of the molecule is COc1cc2c(NC3CCN(C(C)C)CC3)nc(C#N)nc2cc1OCCCN1CCOCC1. The van der Waals surface area contributed by atoms with Crippen LogP contribution in [0.4, 0.5) is 5.82 Å². The molecule has 2 fully saturated rings. The molecule has 2 aliphatic rings. The molecule has 9 heteroatoms. The van der Waals surface area contributed by atoms with Gasteiger partial charge in [0.2, 0.25) is 5.82 Å². The van der Waals surface area contributed by atoms with Crippen LogP contribution in [0.3, 0.4) is 0 Å². The van der Waals surface area contributed by atoms with E-state index < -0.39 is 0 Å². The molecule has 0 saturated carbocycles. The average molecular weight is 469 g/mol. The molecule has 1 aromatic heterocycles.